The minimum atomic E-state index is -1.32. The molecule has 6 nitrogen and oxygen atoms in total. The highest BCUT2D eigenvalue weighted by atomic mass is 16.5. The number of ether oxygens (including phenoxy) is 1. The maximum absolute atomic E-state index is 13.0. The standard InChI is InChI=1S/C34H30O6/c1-2-29(35)40-23-13-12-14-24-21-22-28(32(36)37)30(33(38)39)31(24)34(25-15-6-3-7-16-25,26-17-8-4-9-18-26)27-19-10-5-11-20-27/h2-11,15-22H,1,12-14,23H2,(H,36,37)(H,38,39). The molecule has 0 bridgehead atoms. The summed E-state index contributed by atoms with van der Waals surface area (Å²) in [6.45, 7) is 3.60. The first-order chi connectivity index (χ1) is 19.4. The van der Waals surface area contributed by atoms with Crippen molar-refractivity contribution in [2.24, 2.45) is 0 Å². The predicted molar refractivity (Wildman–Crippen MR) is 153 cm³/mol. The van der Waals surface area contributed by atoms with E-state index >= 15 is 0 Å². The first kappa shape index (κ1) is 28.0. The van der Waals surface area contributed by atoms with Crippen LogP contribution >= 0.6 is 0 Å². The van der Waals surface area contributed by atoms with E-state index in [1.54, 1.807) is 6.07 Å². The Kier molecular flexibility index (Phi) is 8.92. The van der Waals surface area contributed by atoms with Gasteiger partial charge < -0.3 is 14.9 Å². The molecule has 0 saturated carbocycles. The van der Waals surface area contributed by atoms with Gasteiger partial charge in [-0.2, -0.15) is 0 Å². The van der Waals surface area contributed by atoms with Crippen LogP contribution in [-0.4, -0.2) is 34.7 Å². The number of carboxylic acids is 2. The van der Waals surface area contributed by atoms with Gasteiger partial charge in [0, 0.05) is 6.08 Å². The van der Waals surface area contributed by atoms with E-state index < -0.39 is 23.3 Å². The van der Waals surface area contributed by atoms with Gasteiger partial charge in [0.05, 0.1) is 23.1 Å². The molecule has 202 valence electrons. The molecule has 2 N–H and O–H groups in total. The highest BCUT2D eigenvalue weighted by molar-refractivity contribution is 6.04. The molecule has 4 aromatic rings. The van der Waals surface area contributed by atoms with Crippen LogP contribution in [-0.2, 0) is 21.4 Å². The molecule has 4 rings (SSSR count). The summed E-state index contributed by atoms with van der Waals surface area (Å²) in [6.07, 6.45) is 2.67. The summed E-state index contributed by atoms with van der Waals surface area (Å²) in [5.74, 6) is -3.14. The number of esters is 1. The number of benzene rings is 4. The van der Waals surface area contributed by atoms with Crippen molar-refractivity contribution >= 4 is 17.9 Å². The van der Waals surface area contributed by atoms with Crippen LogP contribution in [0.25, 0.3) is 0 Å². The number of unbranched alkanes of at least 4 members (excludes halogenated alkanes) is 1. The van der Waals surface area contributed by atoms with E-state index in [1.807, 2.05) is 91.0 Å². The van der Waals surface area contributed by atoms with E-state index in [0.29, 0.717) is 30.4 Å². The Hall–Kier alpha value is -4.97. The van der Waals surface area contributed by atoms with Crippen molar-refractivity contribution in [2.45, 2.75) is 24.7 Å². The van der Waals surface area contributed by atoms with Crippen LogP contribution in [0, 0.1) is 0 Å². The fraction of sp³-hybridized carbons (Fsp3) is 0.147. The molecule has 0 radical (unpaired) electrons. The molecule has 6 heteroatoms. The van der Waals surface area contributed by atoms with E-state index in [1.165, 1.54) is 6.07 Å². The number of aromatic carboxylic acids is 2. The van der Waals surface area contributed by atoms with Gasteiger partial charge in [-0.3, -0.25) is 0 Å². The van der Waals surface area contributed by atoms with Crippen LogP contribution in [0.15, 0.2) is 116 Å². The van der Waals surface area contributed by atoms with Crippen LogP contribution in [0.2, 0.25) is 0 Å². The van der Waals surface area contributed by atoms with Crippen LogP contribution in [0.1, 0.15) is 61.4 Å². The third kappa shape index (κ3) is 5.57. The smallest absolute Gasteiger partial charge is 0.336 e. The molecule has 40 heavy (non-hydrogen) atoms. The van der Waals surface area contributed by atoms with Gasteiger partial charge in [-0.15, -0.1) is 0 Å². The lowest BCUT2D eigenvalue weighted by Gasteiger charge is -2.39. The second kappa shape index (κ2) is 12.7. The van der Waals surface area contributed by atoms with E-state index in [0.717, 1.165) is 22.8 Å². The normalized spacial score (nSPS) is 11.0. The predicted octanol–water partition coefficient (Wildman–Crippen LogP) is 6.52. The van der Waals surface area contributed by atoms with Crippen LogP contribution < -0.4 is 0 Å². The average Bonchev–Trinajstić information content (AvgIpc) is 2.99. The number of hydrogen-bond acceptors (Lipinski definition) is 4. The van der Waals surface area contributed by atoms with Gasteiger partial charge in [-0.1, -0.05) is 104 Å². The molecular weight excluding hydrogens is 504 g/mol. The van der Waals surface area contributed by atoms with Gasteiger partial charge >= 0.3 is 17.9 Å². The van der Waals surface area contributed by atoms with Crippen molar-refractivity contribution in [1.82, 2.24) is 0 Å². The molecule has 0 heterocycles. The topological polar surface area (TPSA) is 101 Å². The molecule has 0 amide bonds. The van der Waals surface area contributed by atoms with Gasteiger partial charge in [0.2, 0.25) is 0 Å². The summed E-state index contributed by atoms with van der Waals surface area (Å²) in [7, 11) is 0. The molecule has 4 aromatic carbocycles. The largest absolute Gasteiger partial charge is 0.478 e. The summed E-state index contributed by atoms with van der Waals surface area (Å²) in [4.78, 5) is 36.9. The quantitative estimate of drug-likeness (QED) is 0.0929. The minimum absolute atomic E-state index is 0.195. The van der Waals surface area contributed by atoms with E-state index in [4.69, 9.17) is 4.74 Å². The molecule has 0 atom stereocenters. The van der Waals surface area contributed by atoms with Gasteiger partial charge in [0.1, 0.15) is 0 Å². The van der Waals surface area contributed by atoms with Crippen molar-refractivity contribution in [2.75, 3.05) is 6.61 Å². The zero-order valence-corrected chi connectivity index (χ0v) is 22.0. The molecule has 0 aliphatic rings. The molecule has 0 aliphatic heterocycles. The van der Waals surface area contributed by atoms with Crippen molar-refractivity contribution in [3.05, 3.63) is 155 Å². The zero-order valence-electron chi connectivity index (χ0n) is 22.0. The first-order valence-electron chi connectivity index (χ1n) is 13.0. The number of hydrogen-bond donors (Lipinski definition) is 2. The third-order valence-electron chi connectivity index (χ3n) is 6.98. The zero-order chi connectivity index (χ0) is 28.5. The Morgan fingerprint density at radius 3 is 1.62 bits per heavy atom. The number of aryl methyl sites for hydroxylation is 1. The Bertz CT molecular complexity index is 1400. The molecule has 0 saturated heterocycles. The highest BCUT2D eigenvalue weighted by Gasteiger charge is 2.43. The Labute approximate surface area is 233 Å². The SMILES string of the molecule is C=CC(=O)OCCCCc1ccc(C(=O)O)c(C(=O)O)c1C(c1ccccc1)(c1ccccc1)c1ccccc1. The Morgan fingerprint density at radius 1 is 0.700 bits per heavy atom. The second-order valence-electron chi connectivity index (χ2n) is 9.31. The number of carbonyl (C=O) groups excluding carboxylic acids is 1. The lowest BCUT2D eigenvalue weighted by molar-refractivity contribution is -0.137. The summed E-state index contributed by atoms with van der Waals surface area (Å²) >= 11 is 0. The van der Waals surface area contributed by atoms with Crippen LogP contribution in [0.5, 0.6) is 0 Å². The van der Waals surface area contributed by atoms with Gasteiger partial charge in [0.15, 0.2) is 0 Å². The van der Waals surface area contributed by atoms with Crippen molar-refractivity contribution < 1.29 is 29.3 Å². The maximum Gasteiger partial charge on any atom is 0.336 e. The summed E-state index contributed by atoms with van der Waals surface area (Å²) in [6, 6.07) is 31.8. The summed E-state index contributed by atoms with van der Waals surface area (Å²) in [5.41, 5.74) is 1.85. The number of carboxylic acid groups (broad SMARTS) is 2. The van der Waals surface area contributed by atoms with Crippen molar-refractivity contribution in [3.63, 3.8) is 0 Å². The molecular formula is C34H30O6. The van der Waals surface area contributed by atoms with Crippen molar-refractivity contribution in [3.8, 4) is 0 Å². The molecule has 0 aliphatic carbocycles. The van der Waals surface area contributed by atoms with E-state index in [9.17, 15) is 24.6 Å². The van der Waals surface area contributed by atoms with Gasteiger partial charge in [-0.05, 0) is 53.1 Å². The van der Waals surface area contributed by atoms with Crippen LogP contribution in [0.3, 0.4) is 0 Å². The average molecular weight is 535 g/mol. The fourth-order valence-corrected chi connectivity index (χ4v) is 5.33. The van der Waals surface area contributed by atoms with E-state index in [2.05, 4.69) is 6.58 Å². The molecule has 0 spiro atoms. The number of carbonyl (C=O) groups is 3. The highest BCUT2D eigenvalue weighted by Crippen LogP contribution is 2.48. The maximum atomic E-state index is 13.0. The lowest BCUT2D eigenvalue weighted by atomic mass is 9.62. The second-order valence-corrected chi connectivity index (χ2v) is 9.31. The summed E-state index contributed by atoms with van der Waals surface area (Å²) < 4.78 is 5.12. The molecule has 0 fully saturated rings. The first-order valence-corrected chi connectivity index (χ1v) is 13.0. The Balaban J connectivity index is 2.06. The van der Waals surface area contributed by atoms with Gasteiger partial charge in [0.25, 0.3) is 0 Å². The fourth-order valence-electron chi connectivity index (χ4n) is 5.33. The lowest BCUT2D eigenvalue weighted by Crippen LogP contribution is -2.35. The summed E-state index contributed by atoms with van der Waals surface area (Å²) in [5, 5.41) is 20.7. The minimum Gasteiger partial charge on any atom is -0.478 e. The number of rotatable bonds is 12. The molecule has 0 unspecified atom stereocenters. The van der Waals surface area contributed by atoms with E-state index in [-0.39, 0.29) is 17.7 Å². The van der Waals surface area contributed by atoms with Gasteiger partial charge in [-0.25, -0.2) is 14.4 Å². The molecule has 0 aromatic heterocycles. The van der Waals surface area contributed by atoms with Crippen LogP contribution in [0.4, 0.5) is 0 Å². The van der Waals surface area contributed by atoms with Crippen molar-refractivity contribution in [1.29, 1.82) is 0 Å². The third-order valence-corrected chi connectivity index (χ3v) is 6.98. The monoisotopic (exact) mass is 534 g/mol. The Morgan fingerprint density at radius 2 is 1.20 bits per heavy atom.